The highest BCUT2D eigenvalue weighted by Crippen LogP contribution is 2.12. The van der Waals surface area contributed by atoms with Gasteiger partial charge >= 0.3 is 0 Å². The Morgan fingerprint density at radius 3 is 1.91 bits per heavy atom. The monoisotopic (exact) mass is 292 g/mol. The molecule has 0 radical (unpaired) electrons. The molecule has 0 bridgehead atoms. The summed E-state index contributed by atoms with van der Waals surface area (Å²) in [6, 6.07) is 19.8. The van der Waals surface area contributed by atoms with Gasteiger partial charge in [0.2, 0.25) is 5.82 Å². The zero-order chi connectivity index (χ0) is 15.2. The number of nitrogens with one attached hydrogen (secondary N) is 1. The van der Waals surface area contributed by atoms with Crippen LogP contribution in [-0.2, 0) is 13.1 Å². The molecule has 3 rings (SSSR count). The summed E-state index contributed by atoms with van der Waals surface area (Å²) in [4.78, 5) is 18.3. The largest absolute Gasteiger partial charge is 0.327 e. The van der Waals surface area contributed by atoms with Crippen LogP contribution in [0.15, 0.2) is 67.0 Å². The fourth-order valence-electron chi connectivity index (χ4n) is 2.27. The van der Waals surface area contributed by atoms with E-state index in [2.05, 4.69) is 15.2 Å². The van der Waals surface area contributed by atoms with Gasteiger partial charge in [0.25, 0.3) is 5.91 Å². The average molecular weight is 292 g/mol. The number of rotatable bonds is 5. The molecule has 3 aromatic rings. The molecule has 1 heterocycles. The zero-order valence-electron chi connectivity index (χ0n) is 12.0. The van der Waals surface area contributed by atoms with Crippen molar-refractivity contribution in [3.8, 4) is 0 Å². The molecule has 1 amide bonds. The minimum absolute atomic E-state index is 0.162. The summed E-state index contributed by atoms with van der Waals surface area (Å²) < 4.78 is 0. The summed E-state index contributed by atoms with van der Waals surface area (Å²) in [5.74, 6) is 0.0945. The van der Waals surface area contributed by atoms with E-state index in [0.29, 0.717) is 13.1 Å². The summed E-state index contributed by atoms with van der Waals surface area (Å²) in [5.41, 5.74) is 2.15. The summed E-state index contributed by atoms with van der Waals surface area (Å²) in [6.45, 7) is 1.05. The molecular formula is C17H16N4O. The Balaban J connectivity index is 1.83. The van der Waals surface area contributed by atoms with Crippen molar-refractivity contribution in [2.24, 2.45) is 0 Å². The molecule has 0 fully saturated rings. The van der Waals surface area contributed by atoms with Gasteiger partial charge in [0.15, 0.2) is 0 Å². The van der Waals surface area contributed by atoms with E-state index in [4.69, 9.17) is 0 Å². The van der Waals surface area contributed by atoms with Gasteiger partial charge in [-0.25, -0.2) is 4.98 Å². The molecule has 0 spiro atoms. The molecule has 0 aliphatic carbocycles. The number of hydrogen-bond donors (Lipinski definition) is 1. The predicted octanol–water partition coefficient (Wildman–Crippen LogP) is 2.65. The summed E-state index contributed by atoms with van der Waals surface area (Å²) in [6.07, 6.45) is 1.34. The lowest BCUT2D eigenvalue weighted by molar-refractivity contribution is 0.0718. The molecule has 1 N–H and O–H groups in total. The maximum Gasteiger partial charge on any atom is 0.291 e. The Bertz CT molecular complexity index is 669. The minimum Gasteiger partial charge on any atom is -0.327 e. The van der Waals surface area contributed by atoms with Crippen LogP contribution in [0.4, 0.5) is 0 Å². The SMILES string of the molecule is O=C(c1ncn[nH]1)N(Cc1ccccc1)Cc1ccccc1. The molecule has 22 heavy (non-hydrogen) atoms. The Hall–Kier alpha value is -2.95. The molecule has 2 aromatic carbocycles. The summed E-state index contributed by atoms with van der Waals surface area (Å²) >= 11 is 0. The van der Waals surface area contributed by atoms with Gasteiger partial charge in [-0.15, -0.1) is 0 Å². The number of hydrogen-bond acceptors (Lipinski definition) is 3. The van der Waals surface area contributed by atoms with Crippen molar-refractivity contribution in [3.05, 3.63) is 83.9 Å². The molecule has 0 aliphatic heterocycles. The maximum absolute atomic E-state index is 12.6. The number of aromatic amines is 1. The van der Waals surface area contributed by atoms with Gasteiger partial charge in [0, 0.05) is 13.1 Å². The molecule has 5 nitrogen and oxygen atoms in total. The Labute approximate surface area is 128 Å². The highest BCUT2D eigenvalue weighted by atomic mass is 16.2. The van der Waals surface area contributed by atoms with Gasteiger partial charge in [0.1, 0.15) is 6.33 Å². The minimum atomic E-state index is -0.162. The smallest absolute Gasteiger partial charge is 0.291 e. The number of carbonyl (C=O) groups is 1. The van der Waals surface area contributed by atoms with Crippen LogP contribution >= 0.6 is 0 Å². The number of aromatic nitrogens is 3. The Morgan fingerprint density at radius 1 is 0.909 bits per heavy atom. The molecule has 5 heteroatoms. The van der Waals surface area contributed by atoms with Gasteiger partial charge in [-0.3, -0.25) is 9.89 Å². The lowest BCUT2D eigenvalue weighted by Gasteiger charge is -2.22. The van der Waals surface area contributed by atoms with Gasteiger partial charge < -0.3 is 4.90 Å². The second-order valence-electron chi connectivity index (χ2n) is 4.97. The molecular weight excluding hydrogens is 276 g/mol. The summed E-state index contributed by atoms with van der Waals surface area (Å²) in [7, 11) is 0. The number of benzene rings is 2. The van der Waals surface area contributed by atoms with Gasteiger partial charge in [-0.1, -0.05) is 60.7 Å². The first kappa shape index (κ1) is 14.0. The lowest BCUT2D eigenvalue weighted by atomic mass is 10.1. The van der Waals surface area contributed by atoms with Crippen molar-refractivity contribution in [2.45, 2.75) is 13.1 Å². The zero-order valence-corrected chi connectivity index (χ0v) is 12.0. The number of amides is 1. The van der Waals surface area contributed by atoms with Crippen molar-refractivity contribution in [1.82, 2.24) is 20.1 Å². The van der Waals surface area contributed by atoms with E-state index in [-0.39, 0.29) is 11.7 Å². The second kappa shape index (κ2) is 6.67. The number of H-pyrrole nitrogens is 1. The van der Waals surface area contributed by atoms with E-state index < -0.39 is 0 Å². The first-order valence-corrected chi connectivity index (χ1v) is 7.05. The van der Waals surface area contributed by atoms with Crippen molar-refractivity contribution in [3.63, 3.8) is 0 Å². The van der Waals surface area contributed by atoms with Crippen molar-refractivity contribution < 1.29 is 4.79 Å². The van der Waals surface area contributed by atoms with Crippen LogP contribution in [0.5, 0.6) is 0 Å². The van der Waals surface area contributed by atoms with E-state index in [1.165, 1.54) is 6.33 Å². The molecule has 110 valence electrons. The molecule has 0 unspecified atom stereocenters. The maximum atomic E-state index is 12.6. The standard InChI is InChI=1S/C17H16N4O/c22-17(16-18-13-19-20-16)21(11-14-7-3-1-4-8-14)12-15-9-5-2-6-10-15/h1-10,13H,11-12H2,(H,18,19,20). The summed E-state index contributed by atoms with van der Waals surface area (Å²) in [5, 5.41) is 6.39. The van der Waals surface area contributed by atoms with Crippen LogP contribution in [0.3, 0.4) is 0 Å². The predicted molar refractivity (Wildman–Crippen MR) is 82.8 cm³/mol. The first-order chi connectivity index (χ1) is 10.8. The molecule has 0 saturated carbocycles. The highest BCUT2D eigenvalue weighted by molar-refractivity contribution is 5.90. The fraction of sp³-hybridized carbons (Fsp3) is 0.118. The van der Waals surface area contributed by atoms with E-state index in [1.54, 1.807) is 4.90 Å². The van der Waals surface area contributed by atoms with Crippen molar-refractivity contribution >= 4 is 5.91 Å². The number of nitrogens with zero attached hydrogens (tertiary/aromatic N) is 3. The quantitative estimate of drug-likeness (QED) is 0.786. The first-order valence-electron chi connectivity index (χ1n) is 7.05. The molecule has 0 saturated heterocycles. The van der Waals surface area contributed by atoms with Crippen molar-refractivity contribution in [1.29, 1.82) is 0 Å². The van der Waals surface area contributed by atoms with E-state index in [0.717, 1.165) is 11.1 Å². The third-order valence-electron chi connectivity index (χ3n) is 3.34. The van der Waals surface area contributed by atoms with Crippen LogP contribution in [0.2, 0.25) is 0 Å². The van der Waals surface area contributed by atoms with Gasteiger partial charge in [0.05, 0.1) is 0 Å². The van der Waals surface area contributed by atoms with E-state index in [1.807, 2.05) is 60.7 Å². The second-order valence-corrected chi connectivity index (χ2v) is 4.97. The fourth-order valence-corrected chi connectivity index (χ4v) is 2.27. The Morgan fingerprint density at radius 2 is 1.45 bits per heavy atom. The van der Waals surface area contributed by atoms with Crippen LogP contribution < -0.4 is 0 Å². The van der Waals surface area contributed by atoms with Crippen LogP contribution in [-0.4, -0.2) is 26.0 Å². The van der Waals surface area contributed by atoms with E-state index >= 15 is 0 Å². The van der Waals surface area contributed by atoms with Crippen LogP contribution in [0.1, 0.15) is 21.7 Å². The van der Waals surface area contributed by atoms with Crippen LogP contribution in [0.25, 0.3) is 0 Å². The third kappa shape index (κ3) is 3.38. The normalized spacial score (nSPS) is 10.4. The highest BCUT2D eigenvalue weighted by Gasteiger charge is 2.19. The van der Waals surface area contributed by atoms with Gasteiger partial charge in [-0.2, -0.15) is 5.10 Å². The third-order valence-corrected chi connectivity index (χ3v) is 3.34. The van der Waals surface area contributed by atoms with Crippen LogP contribution in [0, 0.1) is 0 Å². The number of carbonyl (C=O) groups excluding carboxylic acids is 1. The lowest BCUT2D eigenvalue weighted by Crippen LogP contribution is -2.31. The average Bonchev–Trinajstić information content (AvgIpc) is 3.10. The van der Waals surface area contributed by atoms with Gasteiger partial charge in [-0.05, 0) is 11.1 Å². The Kier molecular flexibility index (Phi) is 4.25. The molecule has 0 aliphatic rings. The topological polar surface area (TPSA) is 61.9 Å². The van der Waals surface area contributed by atoms with Crippen molar-refractivity contribution in [2.75, 3.05) is 0 Å². The van der Waals surface area contributed by atoms with E-state index in [9.17, 15) is 4.79 Å². The molecule has 0 atom stereocenters. The molecule has 1 aromatic heterocycles.